The van der Waals surface area contributed by atoms with Crippen molar-refractivity contribution in [2.24, 2.45) is 0 Å². The number of aliphatic hydroxyl groups is 1. The molecular weight excluding hydrogens is 282 g/mol. The Balaban J connectivity index is 1.62. The minimum absolute atomic E-state index is 0.0185. The molecule has 3 nitrogen and oxygen atoms in total. The summed E-state index contributed by atoms with van der Waals surface area (Å²) in [5.41, 5.74) is 1.15. The van der Waals surface area contributed by atoms with Crippen LogP contribution in [-0.2, 0) is 4.74 Å². The summed E-state index contributed by atoms with van der Waals surface area (Å²) < 4.78 is 6.16. The molecule has 0 aliphatic heterocycles. The van der Waals surface area contributed by atoms with Crippen molar-refractivity contribution in [2.45, 2.75) is 43.1 Å². The molecule has 0 aromatic heterocycles. The van der Waals surface area contributed by atoms with Crippen LogP contribution in [0.4, 0.5) is 0 Å². The average Bonchev–Trinajstić information content (AvgIpc) is 2.48. The zero-order valence-electron chi connectivity index (χ0n) is 13.0. The number of thioether (sulfide) groups is 1. The molecule has 0 saturated heterocycles. The van der Waals surface area contributed by atoms with Gasteiger partial charge in [0.2, 0.25) is 0 Å². The van der Waals surface area contributed by atoms with Crippen molar-refractivity contribution in [1.82, 2.24) is 5.32 Å². The van der Waals surface area contributed by atoms with Crippen molar-refractivity contribution in [3.8, 4) is 0 Å². The maximum Gasteiger partial charge on any atom is 0.0897 e. The highest BCUT2D eigenvalue weighted by atomic mass is 32.2. The number of aliphatic hydroxyl groups excluding tert-OH is 1. The molecule has 2 rings (SSSR count). The highest BCUT2D eigenvalue weighted by molar-refractivity contribution is 8.00. The minimum Gasteiger partial charge on any atom is -0.389 e. The number of nitrogens with one attached hydrogen (secondary N) is 1. The summed E-state index contributed by atoms with van der Waals surface area (Å²) in [4.78, 5) is 0. The van der Waals surface area contributed by atoms with Crippen LogP contribution in [-0.4, -0.2) is 41.9 Å². The fraction of sp³-hybridized carbons (Fsp3) is 0.647. The molecule has 4 heteroatoms. The SMILES string of the molecule is CSC1(CNCC(O)COC(C)c2ccccc2)CCC1. The van der Waals surface area contributed by atoms with E-state index in [4.69, 9.17) is 4.74 Å². The monoisotopic (exact) mass is 309 g/mol. The Bertz CT molecular complexity index is 403. The molecular formula is C17H27NO2S. The first-order valence-electron chi connectivity index (χ1n) is 7.76. The molecule has 0 spiro atoms. The number of hydrogen-bond donors (Lipinski definition) is 2. The van der Waals surface area contributed by atoms with Crippen LogP contribution in [0, 0.1) is 0 Å². The lowest BCUT2D eigenvalue weighted by molar-refractivity contribution is -0.00232. The Morgan fingerprint density at radius 1 is 1.33 bits per heavy atom. The van der Waals surface area contributed by atoms with Crippen molar-refractivity contribution in [2.75, 3.05) is 26.0 Å². The third-order valence-electron chi connectivity index (χ3n) is 4.33. The molecule has 21 heavy (non-hydrogen) atoms. The van der Waals surface area contributed by atoms with Crippen LogP contribution in [0.1, 0.15) is 37.9 Å². The molecule has 2 atom stereocenters. The first-order chi connectivity index (χ1) is 10.2. The van der Waals surface area contributed by atoms with Crippen molar-refractivity contribution in [3.05, 3.63) is 35.9 Å². The molecule has 1 aliphatic carbocycles. The second kappa shape index (κ2) is 8.18. The summed E-state index contributed by atoms with van der Waals surface area (Å²) in [5, 5.41) is 13.4. The van der Waals surface area contributed by atoms with Gasteiger partial charge in [0.25, 0.3) is 0 Å². The third kappa shape index (κ3) is 4.99. The Morgan fingerprint density at radius 2 is 2.05 bits per heavy atom. The van der Waals surface area contributed by atoms with Gasteiger partial charge in [0.1, 0.15) is 0 Å². The molecule has 2 unspecified atom stereocenters. The number of hydrogen-bond acceptors (Lipinski definition) is 4. The van der Waals surface area contributed by atoms with Crippen molar-refractivity contribution < 1.29 is 9.84 Å². The highest BCUT2D eigenvalue weighted by Gasteiger charge is 2.35. The quantitative estimate of drug-likeness (QED) is 0.736. The van der Waals surface area contributed by atoms with Gasteiger partial charge in [-0.1, -0.05) is 36.8 Å². The largest absolute Gasteiger partial charge is 0.389 e. The van der Waals surface area contributed by atoms with Crippen LogP contribution in [0.5, 0.6) is 0 Å². The van der Waals surface area contributed by atoms with Crippen LogP contribution in [0.2, 0.25) is 0 Å². The van der Waals surface area contributed by atoms with Crippen molar-refractivity contribution >= 4 is 11.8 Å². The van der Waals surface area contributed by atoms with E-state index in [1.807, 2.05) is 49.0 Å². The standard InChI is InChI=1S/C17H27NO2S/c1-14(15-7-4-3-5-8-15)20-12-16(19)11-18-13-17(21-2)9-6-10-17/h3-5,7-8,14,16,18-19H,6,9-13H2,1-2H3. The van der Waals surface area contributed by atoms with Gasteiger partial charge in [-0.15, -0.1) is 0 Å². The molecule has 1 saturated carbocycles. The van der Waals surface area contributed by atoms with Crippen LogP contribution in [0.25, 0.3) is 0 Å². The summed E-state index contributed by atoms with van der Waals surface area (Å²) >= 11 is 1.95. The third-order valence-corrected chi connectivity index (χ3v) is 5.75. The van der Waals surface area contributed by atoms with Gasteiger partial charge in [0.05, 0.1) is 18.8 Å². The van der Waals surface area contributed by atoms with Gasteiger partial charge >= 0.3 is 0 Å². The fourth-order valence-electron chi connectivity index (χ4n) is 2.63. The predicted octanol–water partition coefficient (Wildman–Crippen LogP) is 3.00. The van der Waals surface area contributed by atoms with Crippen LogP contribution in [0.15, 0.2) is 30.3 Å². The van der Waals surface area contributed by atoms with E-state index in [0.29, 0.717) is 17.9 Å². The van der Waals surface area contributed by atoms with Crippen LogP contribution < -0.4 is 5.32 Å². The topological polar surface area (TPSA) is 41.5 Å². The number of ether oxygens (including phenoxy) is 1. The Morgan fingerprint density at radius 3 is 2.62 bits per heavy atom. The van der Waals surface area contributed by atoms with E-state index in [0.717, 1.165) is 12.1 Å². The van der Waals surface area contributed by atoms with E-state index in [1.54, 1.807) is 0 Å². The van der Waals surface area contributed by atoms with Crippen LogP contribution in [0.3, 0.4) is 0 Å². The lowest BCUT2D eigenvalue weighted by Gasteiger charge is -2.40. The lowest BCUT2D eigenvalue weighted by Crippen LogP contribution is -2.45. The average molecular weight is 309 g/mol. The second-order valence-electron chi connectivity index (χ2n) is 5.91. The van der Waals surface area contributed by atoms with Crippen LogP contribution >= 0.6 is 11.8 Å². The van der Waals surface area contributed by atoms with Gasteiger partial charge in [-0.3, -0.25) is 0 Å². The Labute approximate surface area is 132 Å². The minimum atomic E-state index is -0.449. The van der Waals surface area contributed by atoms with E-state index in [1.165, 1.54) is 19.3 Å². The molecule has 1 aromatic rings. The summed E-state index contributed by atoms with van der Waals surface area (Å²) in [7, 11) is 0. The van der Waals surface area contributed by atoms with E-state index < -0.39 is 6.10 Å². The van der Waals surface area contributed by atoms with E-state index in [-0.39, 0.29) is 6.10 Å². The smallest absolute Gasteiger partial charge is 0.0897 e. The first kappa shape index (κ1) is 16.8. The molecule has 0 radical (unpaired) electrons. The predicted molar refractivity (Wildman–Crippen MR) is 89.8 cm³/mol. The molecule has 0 heterocycles. The maximum absolute atomic E-state index is 10.0. The van der Waals surface area contributed by atoms with Gasteiger partial charge in [0, 0.05) is 17.8 Å². The van der Waals surface area contributed by atoms with Gasteiger partial charge < -0.3 is 15.2 Å². The zero-order valence-corrected chi connectivity index (χ0v) is 13.9. The maximum atomic E-state index is 10.0. The normalized spacial score (nSPS) is 19.8. The number of benzene rings is 1. The Kier molecular flexibility index (Phi) is 6.55. The molecule has 2 N–H and O–H groups in total. The highest BCUT2D eigenvalue weighted by Crippen LogP contribution is 2.42. The fourth-order valence-corrected chi connectivity index (χ4v) is 3.57. The second-order valence-corrected chi connectivity index (χ2v) is 7.19. The van der Waals surface area contributed by atoms with Gasteiger partial charge in [0.15, 0.2) is 0 Å². The Hall–Kier alpha value is -0.550. The summed E-state index contributed by atoms with van der Waals surface area (Å²) in [5.74, 6) is 0. The van der Waals surface area contributed by atoms with Gasteiger partial charge in [-0.05, 0) is 31.6 Å². The van der Waals surface area contributed by atoms with E-state index >= 15 is 0 Å². The van der Waals surface area contributed by atoms with Gasteiger partial charge in [-0.25, -0.2) is 0 Å². The summed E-state index contributed by atoms with van der Waals surface area (Å²) in [6, 6.07) is 10.1. The molecule has 1 fully saturated rings. The van der Waals surface area contributed by atoms with Crippen molar-refractivity contribution in [3.63, 3.8) is 0 Å². The molecule has 1 aromatic carbocycles. The first-order valence-corrected chi connectivity index (χ1v) is 8.98. The van der Waals surface area contributed by atoms with E-state index in [2.05, 4.69) is 11.6 Å². The summed E-state index contributed by atoms with van der Waals surface area (Å²) in [6.07, 6.45) is 5.67. The summed E-state index contributed by atoms with van der Waals surface area (Å²) in [6.45, 7) is 3.98. The molecule has 118 valence electrons. The molecule has 0 amide bonds. The van der Waals surface area contributed by atoms with E-state index in [9.17, 15) is 5.11 Å². The molecule has 0 bridgehead atoms. The van der Waals surface area contributed by atoms with Gasteiger partial charge in [-0.2, -0.15) is 11.8 Å². The lowest BCUT2D eigenvalue weighted by atomic mass is 9.84. The van der Waals surface area contributed by atoms with Crippen molar-refractivity contribution in [1.29, 1.82) is 0 Å². The molecule has 1 aliphatic rings. The zero-order chi connectivity index (χ0) is 15.1. The number of rotatable bonds is 9.